The predicted octanol–water partition coefficient (Wildman–Crippen LogP) is 4.37. The summed E-state index contributed by atoms with van der Waals surface area (Å²) in [6.45, 7) is 6.64. The Morgan fingerprint density at radius 1 is 1.11 bits per heavy atom. The van der Waals surface area contributed by atoms with E-state index in [1.807, 2.05) is 0 Å². The van der Waals surface area contributed by atoms with Crippen LogP contribution in [0.1, 0.15) is 57.3 Å². The summed E-state index contributed by atoms with van der Waals surface area (Å²) in [5.41, 5.74) is 2.56. The number of aliphatic hydroxyl groups excluding tert-OH is 1. The highest BCUT2D eigenvalue weighted by molar-refractivity contribution is 5.29. The Bertz CT molecular complexity index is 408. The molecule has 0 fully saturated rings. The van der Waals surface area contributed by atoms with Gasteiger partial charge >= 0.3 is 0 Å². The maximum absolute atomic E-state index is 10.4. The van der Waals surface area contributed by atoms with Crippen LogP contribution < -0.4 is 0 Å². The average Bonchev–Trinajstić information content (AvgIpc) is 2.38. The lowest BCUT2D eigenvalue weighted by Crippen LogP contribution is -2.15. The molecule has 1 nitrogen and oxygen atoms in total. The summed E-state index contributed by atoms with van der Waals surface area (Å²) in [6.07, 6.45) is 7.29. The summed E-state index contributed by atoms with van der Waals surface area (Å²) in [6, 6.07) is 8.47. The maximum Gasteiger partial charge on any atom is 0.0821 e. The molecule has 1 N–H and O–H groups in total. The minimum Gasteiger partial charge on any atom is -0.388 e. The standard InChI is InChI=1S/C17H24O/c1-17(2,3)15-11-9-14(10-12-15)16(18)13-7-5-4-6-8-13/h4-5,9-13,16,18H,6-8H2,1-3H3. The summed E-state index contributed by atoms with van der Waals surface area (Å²) in [5, 5.41) is 10.4. The monoisotopic (exact) mass is 244 g/mol. The molecule has 0 aromatic heterocycles. The topological polar surface area (TPSA) is 20.2 Å². The van der Waals surface area contributed by atoms with E-state index in [1.165, 1.54) is 5.56 Å². The number of rotatable bonds is 2. The minimum absolute atomic E-state index is 0.178. The van der Waals surface area contributed by atoms with Crippen molar-refractivity contribution in [3.63, 3.8) is 0 Å². The Morgan fingerprint density at radius 2 is 1.78 bits per heavy atom. The molecule has 1 aliphatic rings. The lowest BCUT2D eigenvalue weighted by molar-refractivity contribution is 0.102. The third kappa shape index (κ3) is 3.02. The molecule has 0 saturated heterocycles. The van der Waals surface area contributed by atoms with Gasteiger partial charge in [-0.05, 0) is 41.7 Å². The first-order valence-corrected chi connectivity index (χ1v) is 6.92. The molecule has 2 rings (SSSR count). The Balaban J connectivity index is 2.11. The lowest BCUT2D eigenvalue weighted by Gasteiger charge is -2.25. The molecular formula is C17H24O. The first-order chi connectivity index (χ1) is 8.48. The Morgan fingerprint density at radius 3 is 2.28 bits per heavy atom. The highest BCUT2D eigenvalue weighted by Gasteiger charge is 2.21. The van der Waals surface area contributed by atoms with E-state index in [-0.39, 0.29) is 11.5 Å². The number of allylic oxidation sites excluding steroid dienone is 2. The van der Waals surface area contributed by atoms with Gasteiger partial charge < -0.3 is 5.11 Å². The molecule has 0 bridgehead atoms. The van der Waals surface area contributed by atoms with E-state index < -0.39 is 0 Å². The van der Waals surface area contributed by atoms with Crippen LogP contribution in [0.2, 0.25) is 0 Å². The fourth-order valence-electron chi connectivity index (χ4n) is 2.56. The van der Waals surface area contributed by atoms with E-state index in [4.69, 9.17) is 0 Å². The zero-order valence-electron chi connectivity index (χ0n) is 11.7. The van der Waals surface area contributed by atoms with E-state index in [0.29, 0.717) is 5.92 Å². The number of aliphatic hydroxyl groups is 1. The van der Waals surface area contributed by atoms with Crippen molar-refractivity contribution < 1.29 is 5.11 Å². The van der Waals surface area contributed by atoms with Gasteiger partial charge in [-0.15, -0.1) is 0 Å². The average molecular weight is 244 g/mol. The van der Waals surface area contributed by atoms with Gasteiger partial charge in [0.25, 0.3) is 0 Å². The van der Waals surface area contributed by atoms with Crippen molar-refractivity contribution in [1.82, 2.24) is 0 Å². The van der Waals surface area contributed by atoms with Gasteiger partial charge in [0.2, 0.25) is 0 Å². The lowest BCUT2D eigenvalue weighted by atomic mass is 9.83. The van der Waals surface area contributed by atoms with Crippen LogP contribution in [-0.2, 0) is 5.41 Å². The highest BCUT2D eigenvalue weighted by atomic mass is 16.3. The molecule has 0 spiro atoms. The zero-order chi connectivity index (χ0) is 13.2. The van der Waals surface area contributed by atoms with Crippen LogP contribution in [0.15, 0.2) is 36.4 Å². The molecule has 1 aliphatic carbocycles. The molecule has 0 heterocycles. The Hall–Kier alpha value is -1.08. The summed E-state index contributed by atoms with van der Waals surface area (Å²) in [4.78, 5) is 0. The second kappa shape index (κ2) is 5.27. The molecule has 1 heteroatoms. The van der Waals surface area contributed by atoms with Crippen molar-refractivity contribution in [2.45, 2.75) is 51.6 Å². The molecule has 0 aliphatic heterocycles. The SMILES string of the molecule is CC(C)(C)c1ccc(C(O)C2CC=CCC2)cc1. The van der Waals surface area contributed by atoms with Gasteiger partial charge in [-0.3, -0.25) is 0 Å². The fourth-order valence-corrected chi connectivity index (χ4v) is 2.56. The van der Waals surface area contributed by atoms with E-state index in [2.05, 4.69) is 57.2 Å². The second-order valence-electron chi connectivity index (χ2n) is 6.36. The van der Waals surface area contributed by atoms with Crippen LogP contribution >= 0.6 is 0 Å². The first-order valence-electron chi connectivity index (χ1n) is 6.92. The number of benzene rings is 1. The zero-order valence-corrected chi connectivity index (χ0v) is 11.7. The summed E-state index contributed by atoms with van der Waals surface area (Å²) < 4.78 is 0. The summed E-state index contributed by atoms with van der Waals surface area (Å²) >= 11 is 0. The highest BCUT2D eigenvalue weighted by Crippen LogP contribution is 2.32. The Labute approximate surface area is 111 Å². The van der Waals surface area contributed by atoms with Crippen molar-refractivity contribution in [2.24, 2.45) is 5.92 Å². The van der Waals surface area contributed by atoms with Crippen molar-refractivity contribution in [1.29, 1.82) is 0 Å². The van der Waals surface area contributed by atoms with Crippen LogP contribution in [0.4, 0.5) is 0 Å². The van der Waals surface area contributed by atoms with E-state index in [1.54, 1.807) is 0 Å². The molecule has 0 saturated carbocycles. The van der Waals surface area contributed by atoms with E-state index in [0.717, 1.165) is 24.8 Å². The summed E-state index contributed by atoms with van der Waals surface area (Å²) in [5.74, 6) is 0.385. The predicted molar refractivity (Wildman–Crippen MR) is 76.6 cm³/mol. The molecular weight excluding hydrogens is 220 g/mol. The van der Waals surface area contributed by atoms with Crippen molar-refractivity contribution in [3.05, 3.63) is 47.5 Å². The van der Waals surface area contributed by atoms with Crippen LogP contribution in [0, 0.1) is 5.92 Å². The van der Waals surface area contributed by atoms with Crippen LogP contribution in [-0.4, -0.2) is 5.11 Å². The van der Waals surface area contributed by atoms with E-state index in [9.17, 15) is 5.11 Å². The third-order valence-electron chi connectivity index (χ3n) is 3.87. The van der Waals surface area contributed by atoms with Gasteiger partial charge in [-0.2, -0.15) is 0 Å². The first kappa shape index (κ1) is 13.4. The number of hydrogen-bond donors (Lipinski definition) is 1. The van der Waals surface area contributed by atoms with Crippen LogP contribution in [0.25, 0.3) is 0 Å². The third-order valence-corrected chi connectivity index (χ3v) is 3.87. The van der Waals surface area contributed by atoms with Gasteiger partial charge in [0.05, 0.1) is 6.10 Å². The molecule has 2 unspecified atom stereocenters. The van der Waals surface area contributed by atoms with Crippen LogP contribution in [0.5, 0.6) is 0 Å². The molecule has 1 aromatic rings. The quantitative estimate of drug-likeness (QED) is 0.766. The van der Waals surface area contributed by atoms with Crippen molar-refractivity contribution in [3.8, 4) is 0 Å². The summed E-state index contributed by atoms with van der Waals surface area (Å²) in [7, 11) is 0. The molecule has 0 radical (unpaired) electrons. The molecule has 1 aromatic carbocycles. The molecule has 0 amide bonds. The number of hydrogen-bond acceptors (Lipinski definition) is 1. The smallest absolute Gasteiger partial charge is 0.0821 e. The van der Waals surface area contributed by atoms with Crippen molar-refractivity contribution >= 4 is 0 Å². The fraction of sp³-hybridized carbons (Fsp3) is 0.529. The molecule has 18 heavy (non-hydrogen) atoms. The van der Waals surface area contributed by atoms with Gasteiger partial charge in [-0.25, -0.2) is 0 Å². The largest absolute Gasteiger partial charge is 0.388 e. The maximum atomic E-state index is 10.4. The molecule has 98 valence electrons. The normalized spacial score (nSPS) is 21.9. The van der Waals surface area contributed by atoms with Crippen LogP contribution in [0.3, 0.4) is 0 Å². The van der Waals surface area contributed by atoms with Gasteiger partial charge in [0.15, 0.2) is 0 Å². The van der Waals surface area contributed by atoms with Gasteiger partial charge in [0.1, 0.15) is 0 Å². The van der Waals surface area contributed by atoms with E-state index >= 15 is 0 Å². The minimum atomic E-state index is -0.316. The van der Waals surface area contributed by atoms with Gasteiger partial charge in [-0.1, -0.05) is 57.2 Å². The Kier molecular flexibility index (Phi) is 3.91. The molecule has 2 atom stereocenters. The van der Waals surface area contributed by atoms with Gasteiger partial charge in [0, 0.05) is 0 Å². The van der Waals surface area contributed by atoms with Crippen molar-refractivity contribution in [2.75, 3.05) is 0 Å². The second-order valence-corrected chi connectivity index (χ2v) is 6.36.